The molecule has 0 fully saturated rings. The SMILES string of the molecule is COc1ccc(Br)c2cc(C(=O)OC(C)(C)C)c(N)nc12. The maximum atomic E-state index is 12.2. The number of nitrogen functional groups attached to an aromatic ring is 1. The zero-order valence-electron chi connectivity index (χ0n) is 12.4. The number of rotatable bonds is 2. The van der Waals surface area contributed by atoms with Crippen LogP contribution in [0.3, 0.4) is 0 Å². The summed E-state index contributed by atoms with van der Waals surface area (Å²) in [7, 11) is 1.56. The molecule has 2 N–H and O–H groups in total. The van der Waals surface area contributed by atoms with Gasteiger partial charge in [0.1, 0.15) is 28.2 Å². The molecule has 0 amide bonds. The van der Waals surface area contributed by atoms with E-state index >= 15 is 0 Å². The van der Waals surface area contributed by atoms with E-state index in [2.05, 4.69) is 20.9 Å². The molecule has 21 heavy (non-hydrogen) atoms. The quantitative estimate of drug-likeness (QED) is 0.836. The first kappa shape index (κ1) is 15.6. The highest BCUT2D eigenvalue weighted by molar-refractivity contribution is 9.10. The predicted octanol–water partition coefficient (Wildman–Crippen LogP) is 3.54. The molecule has 6 heteroatoms. The van der Waals surface area contributed by atoms with E-state index < -0.39 is 11.6 Å². The van der Waals surface area contributed by atoms with Gasteiger partial charge < -0.3 is 15.2 Å². The third-order valence-corrected chi connectivity index (χ3v) is 3.45. The van der Waals surface area contributed by atoms with Gasteiger partial charge in [-0.2, -0.15) is 0 Å². The maximum Gasteiger partial charge on any atom is 0.342 e. The number of ether oxygens (including phenoxy) is 2. The number of aromatic nitrogens is 1. The van der Waals surface area contributed by atoms with Gasteiger partial charge >= 0.3 is 5.97 Å². The number of carbonyl (C=O) groups excluding carboxylic acids is 1. The smallest absolute Gasteiger partial charge is 0.342 e. The second kappa shape index (κ2) is 5.52. The largest absolute Gasteiger partial charge is 0.494 e. The Morgan fingerprint density at radius 3 is 2.57 bits per heavy atom. The Balaban J connectivity index is 2.60. The minimum absolute atomic E-state index is 0.119. The second-order valence-corrected chi connectivity index (χ2v) is 6.42. The normalized spacial score (nSPS) is 11.5. The summed E-state index contributed by atoms with van der Waals surface area (Å²) in [5.74, 6) is 0.216. The zero-order chi connectivity index (χ0) is 15.8. The summed E-state index contributed by atoms with van der Waals surface area (Å²) in [5.41, 5.74) is 6.14. The third-order valence-electron chi connectivity index (χ3n) is 2.76. The Labute approximate surface area is 131 Å². The van der Waals surface area contributed by atoms with Crippen molar-refractivity contribution in [3.8, 4) is 5.75 Å². The molecule has 0 atom stereocenters. The van der Waals surface area contributed by atoms with Crippen LogP contribution in [-0.2, 0) is 4.74 Å². The Bertz CT molecular complexity index is 708. The molecule has 5 nitrogen and oxygen atoms in total. The van der Waals surface area contributed by atoms with Crippen LogP contribution in [0.15, 0.2) is 22.7 Å². The number of benzene rings is 1. The van der Waals surface area contributed by atoms with Crippen LogP contribution >= 0.6 is 15.9 Å². The van der Waals surface area contributed by atoms with Crippen molar-refractivity contribution in [3.05, 3.63) is 28.2 Å². The molecule has 0 bridgehead atoms. The van der Waals surface area contributed by atoms with Crippen LogP contribution in [0, 0.1) is 0 Å². The van der Waals surface area contributed by atoms with E-state index in [1.165, 1.54) is 0 Å². The van der Waals surface area contributed by atoms with Crippen LogP contribution in [0.25, 0.3) is 10.9 Å². The lowest BCUT2D eigenvalue weighted by Gasteiger charge is -2.20. The van der Waals surface area contributed by atoms with Gasteiger partial charge in [0.25, 0.3) is 0 Å². The van der Waals surface area contributed by atoms with E-state index in [1.54, 1.807) is 40.0 Å². The van der Waals surface area contributed by atoms with Gasteiger partial charge in [-0.15, -0.1) is 0 Å². The summed E-state index contributed by atoms with van der Waals surface area (Å²) in [6, 6.07) is 5.28. The molecule has 0 unspecified atom stereocenters. The predicted molar refractivity (Wildman–Crippen MR) is 85.6 cm³/mol. The van der Waals surface area contributed by atoms with Crippen molar-refractivity contribution in [1.82, 2.24) is 4.98 Å². The van der Waals surface area contributed by atoms with Crippen LogP contribution in [0.4, 0.5) is 5.82 Å². The van der Waals surface area contributed by atoms with Crippen molar-refractivity contribution in [2.24, 2.45) is 0 Å². The first-order valence-corrected chi connectivity index (χ1v) is 7.18. The second-order valence-electron chi connectivity index (χ2n) is 5.57. The number of esters is 1. The molecule has 0 radical (unpaired) electrons. The van der Waals surface area contributed by atoms with E-state index in [0.717, 1.165) is 9.86 Å². The van der Waals surface area contributed by atoms with Crippen molar-refractivity contribution in [3.63, 3.8) is 0 Å². The third kappa shape index (κ3) is 3.26. The minimum Gasteiger partial charge on any atom is -0.494 e. The molecule has 0 aliphatic carbocycles. The molecular formula is C15H17BrN2O3. The Kier molecular flexibility index (Phi) is 4.09. The molecule has 0 saturated heterocycles. The minimum atomic E-state index is -0.593. The standard InChI is InChI=1S/C15H17BrN2O3/c1-15(2,3)21-14(19)9-7-8-10(16)5-6-11(20-4)12(8)18-13(9)17/h5-7H,1-4H3,(H2,17,18). The van der Waals surface area contributed by atoms with Crippen LogP contribution in [0.5, 0.6) is 5.75 Å². The van der Waals surface area contributed by atoms with Gasteiger partial charge in [-0.1, -0.05) is 15.9 Å². The fourth-order valence-corrected chi connectivity index (χ4v) is 2.31. The molecule has 112 valence electrons. The highest BCUT2D eigenvalue weighted by Gasteiger charge is 2.22. The summed E-state index contributed by atoms with van der Waals surface area (Å²) in [4.78, 5) is 16.5. The number of pyridine rings is 1. The summed E-state index contributed by atoms with van der Waals surface area (Å²) in [6.07, 6.45) is 0. The average molecular weight is 353 g/mol. The fourth-order valence-electron chi connectivity index (χ4n) is 1.88. The maximum absolute atomic E-state index is 12.2. The lowest BCUT2D eigenvalue weighted by molar-refractivity contribution is 0.00706. The van der Waals surface area contributed by atoms with Gasteiger partial charge in [0.05, 0.1) is 7.11 Å². The van der Waals surface area contributed by atoms with E-state index in [1.807, 2.05) is 6.07 Å². The summed E-state index contributed by atoms with van der Waals surface area (Å²) >= 11 is 3.44. The number of nitrogens with zero attached hydrogens (tertiary/aromatic N) is 1. The van der Waals surface area contributed by atoms with E-state index in [4.69, 9.17) is 15.2 Å². The van der Waals surface area contributed by atoms with E-state index in [9.17, 15) is 4.79 Å². The Morgan fingerprint density at radius 2 is 2.00 bits per heavy atom. The van der Waals surface area contributed by atoms with Gasteiger partial charge in [-0.05, 0) is 39.0 Å². The van der Waals surface area contributed by atoms with Gasteiger partial charge in [-0.3, -0.25) is 0 Å². The fraction of sp³-hybridized carbons (Fsp3) is 0.333. The summed E-state index contributed by atoms with van der Waals surface area (Å²) < 4.78 is 11.4. The number of carbonyl (C=O) groups is 1. The van der Waals surface area contributed by atoms with Crippen LogP contribution in [-0.4, -0.2) is 23.7 Å². The summed E-state index contributed by atoms with van der Waals surface area (Å²) in [5, 5.41) is 0.740. The van der Waals surface area contributed by atoms with E-state index in [0.29, 0.717) is 11.3 Å². The van der Waals surface area contributed by atoms with Gasteiger partial charge in [-0.25, -0.2) is 9.78 Å². The molecule has 0 spiro atoms. The monoisotopic (exact) mass is 352 g/mol. The van der Waals surface area contributed by atoms with Crippen molar-refractivity contribution in [2.75, 3.05) is 12.8 Å². The first-order valence-electron chi connectivity index (χ1n) is 6.39. The number of hydrogen-bond acceptors (Lipinski definition) is 5. The van der Waals surface area contributed by atoms with Crippen molar-refractivity contribution in [1.29, 1.82) is 0 Å². The van der Waals surface area contributed by atoms with E-state index in [-0.39, 0.29) is 11.4 Å². The molecule has 2 rings (SSSR count). The van der Waals surface area contributed by atoms with Gasteiger partial charge in [0, 0.05) is 9.86 Å². The molecule has 1 heterocycles. The van der Waals surface area contributed by atoms with Gasteiger partial charge in [0.15, 0.2) is 0 Å². The molecule has 0 aliphatic heterocycles. The molecule has 2 aromatic rings. The Morgan fingerprint density at radius 1 is 1.33 bits per heavy atom. The molecule has 1 aromatic heterocycles. The van der Waals surface area contributed by atoms with Crippen molar-refractivity contribution in [2.45, 2.75) is 26.4 Å². The van der Waals surface area contributed by atoms with Crippen molar-refractivity contribution < 1.29 is 14.3 Å². The Hall–Kier alpha value is -1.82. The average Bonchev–Trinajstić information content (AvgIpc) is 2.36. The van der Waals surface area contributed by atoms with Crippen molar-refractivity contribution >= 4 is 38.6 Å². The topological polar surface area (TPSA) is 74.4 Å². The molecular weight excluding hydrogens is 336 g/mol. The lowest BCUT2D eigenvalue weighted by atomic mass is 10.1. The van der Waals surface area contributed by atoms with Gasteiger partial charge in [0.2, 0.25) is 0 Å². The van der Waals surface area contributed by atoms with Crippen LogP contribution in [0.1, 0.15) is 31.1 Å². The number of fused-ring (bicyclic) bond motifs is 1. The highest BCUT2D eigenvalue weighted by atomic mass is 79.9. The molecule has 0 aliphatic rings. The number of anilines is 1. The molecule has 0 saturated carbocycles. The zero-order valence-corrected chi connectivity index (χ0v) is 13.9. The number of methoxy groups -OCH3 is 1. The molecule has 1 aromatic carbocycles. The number of halogens is 1. The number of hydrogen-bond donors (Lipinski definition) is 1. The first-order chi connectivity index (χ1) is 9.73. The van der Waals surface area contributed by atoms with Crippen LogP contribution < -0.4 is 10.5 Å². The lowest BCUT2D eigenvalue weighted by Crippen LogP contribution is -2.24. The number of nitrogens with two attached hydrogens (primary N) is 1. The summed E-state index contributed by atoms with van der Waals surface area (Å²) in [6.45, 7) is 5.40. The highest BCUT2D eigenvalue weighted by Crippen LogP contribution is 2.32. The van der Waals surface area contributed by atoms with Crippen LogP contribution in [0.2, 0.25) is 0 Å².